The van der Waals surface area contributed by atoms with Crippen molar-refractivity contribution < 1.29 is 4.42 Å². The van der Waals surface area contributed by atoms with Gasteiger partial charge in [0.1, 0.15) is 11.2 Å². The lowest BCUT2D eigenvalue weighted by Gasteiger charge is -2.35. The van der Waals surface area contributed by atoms with E-state index in [1.54, 1.807) is 0 Å². The Labute approximate surface area is 390 Å². The van der Waals surface area contributed by atoms with Crippen LogP contribution < -0.4 is 4.90 Å². The van der Waals surface area contributed by atoms with Crippen molar-refractivity contribution in [3.8, 4) is 44.5 Å². The molecule has 0 saturated heterocycles. The van der Waals surface area contributed by atoms with Gasteiger partial charge in [0.2, 0.25) is 0 Å². The zero-order chi connectivity index (χ0) is 44.3. The van der Waals surface area contributed by atoms with Gasteiger partial charge in [0.05, 0.1) is 5.41 Å². The number of fused-ring (bicyclic) bond motifs is 7. The summed E-state index contributed by atoms with van der Waals surface area (Å²) in [5.74, 6) is 0. The van der Waals surface area contributed by atoms with E-state index in [2.05, 4.69) is 266 Å². The molecule has 0 N–H and O–H groups in total. The Morgan fingerprint density at radius 2 is 0.836 bits per heavy atom. The fourth-order valence-corrected chi connectivity index (χ4v) is 10.8. The molecule has 0 radical (unpaired) electrons. The molecule has 1 aliphatic rings. The lowest BCUT2D eigenvalue weighted by atomic mass is 9.67. The molecule has 0 unspecified atom stereocenters. The van der Waals surface area contributed by atoms with Gasteiger partial charge in [-0.2, -0.15) is 0 Å². The number of anilines is 3. The van der Waals surface area contributed by atoms with Gasteiger partial charge in [-0.25, -0.2) is 0 Å². The molecular formula is C65H43NO. The van der Waals surface area contributed by atoms with Crippen LogP contribution in [0, 0.1) is 0 Å². The summed E-state index contributed by atoms with van der Waals surface area (Å²) in [5.41, 5.74) is 19.0. The minimum Gasteiger partial charge on any atom is -0.455 e. The van der Waals surface area contributed by atoms with E-state index < -0.39 is 5.41 Å². The summed E-state index contributed by atoms with van der Waals surface area (Å²) in [6.07, 6.45) is 0. The average molecular weight is 854 g/mol. The van der Waals surface area contributed by atoms with Crippen molar-refractivity contribution in [2.75, 3.05) is 4.90 Å². The highest BCUT2D eigenvalue weighted by Crippen LogP contribution is 2.57. The number of hydrogen-bond donors (Lipinski definition) is 0. The number of rotatable bonds is 8. The van der Waals surface area contributed by atoms with Gasteiger partial charge in [-0.1, -0.05) is 206 Å². The number of furan rings is 1. The second-order valence-corrected chi connectivity index (χ2v) is 17.6. The van der Waals surface area contributed by atoms with Crippen LogP contribution in [0.1, 0.15) is 22.3 Å². The molecule has 1 heterocycles. The van der Waals surface area contributed by atoms with Crippen molar-refractivity contribution in [3.05, 3.63) is 283 Å². The number of para-hydroxylation sites is 1. The fraction of sp³-hybridized carbons (Fsp3) is 0.0154. The molecule has 0 saturated carbocycles. The van der Waals surface area contributed by atoms with Crippen molar-refractivity contribution in [1.29, 1.82) is 0 Å². The maximum Gasteiger partial charge on any atom is 0.143 e. The molecule has 1 aliphatic carbocycles. The average Bonchev–Trinajstić information content (AvgIpc) is 3.93. The number of hydrogen-bond acceptors (Lipinski definition) is 2. The van der Waals surface area contributed by atoms with Crippen LogP contribution in [0.5, 0.6) is 0 Å². The fourth-order valence-electron chi connectivity index (χ4n) is 10.8. The van der Waals surface area contributed by atoms with E-state index in [1.165, 1.54) is 55.3 Å². The second-order valence-electron chi connectivity index (χ2n) is 17.6. The van der Waals surface area contributed by atoms with Crippen LogP contribution in [-0.2, 0) is 5.41 Å². The molecule has 12 aromatic rings. The first-order chi connectivity index (χ1) is 33.2. The first-order valence-electron chi connectivity index (χ1n) is 23.1. The van der Waals surface area contributed by atoms with Crippen molar-refractivity contribution in [2.45, 2.75) is 5.41 Å². The van der Waals surface area contributed by atoms with Gasteiger partial charge in [0.25, 0.3) is 0 Å². The van der Waals surface area contributed by atoms with E-state index in [0.717, 1.165) is 61.3 Å². The summed E-state index contributed by atoms with van der Waals surface area (Å²) in [7, 11) is 0. The zero-order valence-electron chi connectivity index (χ0n) is 36.7. The van der Waals surface area contributed by atoms with Crippen LogP contribution in [0.4, 0.5) is 17.1 Å². The number of nitrogens with zero attached hydrogens (tertiary/aromatic N) is 1. The molecule has 314 valence electrons. The lowest BCUT2D eigenvalue weighted by molar-refractivity contribution is 0.670. The smallest absolute Gasteiger partial charge is 0.143 e. The quantitative estimate of drug-likeness (QED) is 0.151. The molecular weight excluding hydrogens is 811 g/mol. The topological polar surface area (TPSA) is 16.4 Å². The van der Waals surface area contributed by atoms with Gasteiger partial charge in [-0.05, 0) is 127 Å². The molecule has 0 spiro atoms. The normalized spacial score (nSPS) is 12.6. The van der Waals surface area contributed by atoms with Crippen LogP contribution in [0.15, 0.2) is 265 Å². The van der Waals surface area contributed by atoms with E-state index >= 15 is 0 Å². The van der Waals surface area contributed by atoms with Crippen molar-refractivity contribution in [1.82, 2.24) is 0 Å². The van der Waals surface area contributed by atoms with E-state index in [-0.39, 0.29) is 0 Å². The maximum atomic E-state index is 6.55. The van der Waals surface area contributed by atoms with Gasteiger partial charge in [0.15, 0.2) is 0 Å². The summed E-state index contributed by atoms with van der Waals surface area (Å²) in [4.78, 5) is 2.41. The third-order valence-corrected chi connectivity index (χ3v) is 13.9. The third kappa shape index (κ3) is 6.33. The Bertz CT molecular complexity index is 3740. The molecule has 11 aromatic carbocycles. The molecule has 67 heavy (non-hydrogen) atoms. The van der Waals surface area contributed by atoms with Crippen molar-refractivity contribution in [3.63, 3.8) is 0 Å². The zero-order valence-corrected chi connectivity index (χ0v) is 36.7. The van der Waals surface area contributed by atoms with Gasteiger partial charge in [0, 0.05) is 33.4 Å². The molecule has 0 bridgehead atoms. The summed E-state index contributed by atoms with van der Waals surface area (Å²) in [6.45, 7) is 0. The molecule has 0 fully saturated rings. The number of benzene rings is 11. The van der Waals surface area contributed by atoms with E-state index in [0.29, 0.717) is 0 Å². The minimum absolute atomic E-state index is 0.516. The van der Waals surface area contributed by atoms with Gasteiger partial charge in [-0.3, -0.25) is 0 Å². The minimum atomic E-state index is -0.516. The predicted octanol–water partition coefficient (Wildman–Crippen LogP) is 17.6. The molecule has 0 atom stereocenters. The van der Waals surface area contributed by atoms with Gasteiger partial charge >= 0.3 is 0 Å². The first-order valence-corrected chi connectivity index (χ1v) is 23.1. The van der Waals surface area contributed by atoms with Crippen molar-refractivity contribution >= 4 is 49.8 Å². The summed E-state index contributed by atoms with van der Waals surface area (Å²) < 4.78 is 6.55. The third-order valence-electron chi connectivity index (χ3n) is 13.9. The van der Waals surface area contributed by atoms with Crippen molar-refractivity contribution in [2.24, 2.45) is 0 Å². The maximum absolute atomic E-state index is 6.55. The van der Waals surface area contributed by atoms with E-state index in [4.69, 9.17) is 4.42 Å². The van der Waals surface area contributed by atoms with Crippen LogP contribution >= 0.6 is 0 Å². The highest BCUT2D eigenvalue weighted by molar-refractivity contribution is 6.10. The molecule has 2 nitrogen and oxygen atoms in total. The molecule has 0 amide bonds. The second kappa shape index (κ2) is 15.8. The Morgan fingerprint density at radius 1 is 0.299 bits per heavy atom. The van der Waals surface area contributed by atoms with Crippen LogP contribution in [0.25, 0.3) is 77.2 Å². The molecule has 0 aliphatic heterocycles. The standard InChI is InChI=1S/C65H43NO/c1-4-16-47(17-5-1)56-24-14-25-59-60-42-50(33-40-63(60)67-64(56)59)46-31-36-54(37-32-46)66(53-34-29-45(30-35-53)49-28-27-44-15-10-11-18-48(44)41-49)55-38-39-58-57-23-12-13-26-61(57)65(62(58)43-55,51-19-6-2-7-20-51)52-21-8-3-9-22-52/h1-43H. The molecule has 13 rings (SSSR count). The predicted molar refractivity (Wildman–Crippen MR) is 280 cm³/mol. The van der Waals surface area contributed by atoms with Crippen LogP contribution in [-0.4, -0.2) is 0 Å². The van der Waals surface area contributed by atoms with E-state index in [1.807, 2.05) is 0 Å². The monoisotopic (exact) mass is 853 g/mol. The largest absolute Gasteiger partial charge is 0.455 e. The van der Waals surface area contributed by atoms with Gasteiger partial charge < -0.3 is 9.32 Å². The summed E-state index contributed by atoms with van der Waals surface area (Å²) in [5, 5.41) is 4.71. The summed E-state index contributed by atoms with van der Waals surface area (Å²) in [6, 6.07) is 95.0. The Morgan fingerprint density at radius 3 is 1.54 bits per heavy atom. The lowest BCUT2D eigenvalue weighted by Crippen LogP contribution is -2.28. The Hall–Kier alpha value is -8.72. The van der Waals surface area contributed by atoms with E-state index in [9.17, 15) is 0 Å². The summed E-state index contributed by atoms with van der Waals surface area (Å²) >= 11 is 0. The Balaban J connectivity index is 0.953. The van der Waals surface area contributed by atoms with Gasteiger partial charge in [-0.15, -0.1) is 0 Å². The highest BCUT2D eigenvalue weighted by Gasteiger charge is 2.46. The van der Waals surface area contributed by atoms with Crippen LogP contribution in [0.3, 0.4) is 0 Å². The molecule has 2 heteroatoms. The SMILES string of the molecule is c1ccc(-c2cccc3c2oc2ccc(-c4ccc(N(c5ccc(-c6ccc7ccccc7c6)cc5)c5ccc6c(c5)C(c5ccccc5)(c5ccccc5)c5ccccc5-6)cc4)cc23)cc1. The van der Waals surface area contributed by atoms with Crippen LogP contribution in [0.2, 0.25) is 0 Å². The highest BCUT2D eigenvalue weighted by atomic mass is 16.3. The Kier molecular flexibility index (Phi) is 9.11. The molecule has 1 aromatic heterocycles. The first kappa shape index (κ1) is 38.7.